The number of benzene rings is 2. The second-order valence-electron chi connectivity index (χ2n) is 11.6. The molecule has 0 spiro atoms. The molecule has 45 heavy (non-hydrogen) atoms. The highest BCUT2D eigenvalue weighted by Gasteiger charge is 2.25. The Balaban J connectivity index is 1.69. The molecule has 0 radical (unpaired) electrons. The third kappa shape index (κ3) is 6.80. The van der Waals surface area contributed by atoms with Gasteiger partial charge in [0, 0.05) is 54.0 Å². The van der Waals surface area contributed by atoms with Gasteiger partial charge < -0.3 is 19.3 Å². The highest BCUT2D eigenvalue weighted by Crippen LogP contribution is 2.32. The number of allylic oxidation sites excluding steroid dienone is 4. The number of hydrogen-bond acceptors (Lipinski definition) is 7. The fraction of sp³-hybridized carbons (Fsp3) is 0.324. The van der Waals surface area contributed by atoms with Crippen molar-refractivity contribution in [2.75, 3.05) is 33.9 Å². The Morgan fingerprint density at radius 3 is 2.40 bits per heavy atom. The first-order valence-electron chi connectivity index (χ1n) is 15.6. The number of aromatic nitrogens is 2. The zero-order valence-corrected chi connectivity index (χ0v) is 27.7. The number of rotatable bonds is 10. The van der Waals surface area contributed by atoms with Crippen LogP contribution in [-0.4, -0.2) is 65.1 Å². The van der Waals surface area contributed by atoms with E-state index in [0.29, 0.717) is 29.1 Å². The molecule has 8 heteroatoms. The van der Waals surface area contributed by atoms with Crippen LogP contribution in [0.3, 0.4) is 0 Å². The quantitative estimate of drug-likeness (QED) is 0.243. The van der Waals surface area contributed by atoms with Crippen LogP contribution in [-0.2, 0) is 0 Å². The molecule has 0 aliphatic carbocycles. The number of ether oxygens (including phenoxy) is 2. The summed E-state index contributed by atoms with van der Waals surface area (Å²) in [4.78, 5) is 14.8. The topological polar surface area (TPSA) is 67.5 Å². The fourth-order valence-corrected chi connectivity index (χ4v) is 5.72. The van der Waals surface area contributed by atoms with Crippen molar-refractivity contribution >= 4 is 23.4 Å². The molecule has 0 fully saturated rings. The molecule has 2 aromatic carbocycles. The maximum atomic E-state index is 5.79. The van der Waals surface area contributed by atoms with Crippen LogP contribution in [0.1, 0.15) is 55.8 Å². The van der Waals surface area contributed by atoms with Crippen molar-refractivity contribution in [2.45, 2.75) is 41.5 Å². The van der Waals surface area contributed by atoms with Crippen molar-refractivity contribution in [1.29, 1.82) is 0 Å². The first kappa shape index (κ1) is 31.6. The molecule has 0 unspecified atom stereocenters. The van der Waals surface area contributed by atoms with Crippen molar-refractivity contribution in [3.05, 3.63) is 112 Å². The lowest BCUT2D eigenvalue weighted by atomic mass is 9.99. The van der Waals surface area contributed by atoms with E-state index in [2.05, 4.69) is 97.4 Å². The van der Waals surface area contributed by atoms with Crippen molar-refractivity contribution in [3.63, 3.8) is 0 Å². The molecule has 3 heterocycles. The van der Waals surface area contributed by atoms with E-state index in [9.17, 15) is 0 Å². The molecule has 5 rings (SSSR count). The number of aliphatic imine (C=N–C) groups is 2. The Bertz CT molecular complexity index is 1730. The van der Waals surface area contributed by atoms with Crippen LogP contribution in [0.2, 0.25) is 0 Å². The summed E-state index contributed by atoms with van der Waals surface area (Å²) in [5.74, 6) is 2.42. The van der Waals surface area contributed by atoms with Crippen LogP contribution in [0.4, 0.5) is 0 Å². The van der Waals surface area contributed by atoms with Crippen LogP contribution in [0.15, 0.2) is 94.3 Å². The number of fused-ring (bicyclic) bond motifs is 1. The Morgan fingerprint density at radius 1 is 0.956 bits per heavy atom. The van der Waals surface area contributed by atoms with Crippen molar-refractivity contribution in [2.24, 2.45) is 15.9 Å². The van der Waals surface area contributed by atoms with Crippen LogP contribution >= 0.6 is 0 Å². The summed E-state index contributed by atoms with van der Waals surface area (Å²) in [6.45, 7) is 15.4. The molecule has 234 valence electrons. The molecule has 8 nitrogen and oxygen atoms in total. The Kier molecular flexibility index (Phi) is 9.71. The summed E-state index contributed by atoms with van der Waals surface area (Å²) in [7, 11) is 3.33. The van der Waals surface area contributed by atoms with Gasteiger partial charge in [0.2, 0.25) is 0 Å². The van der Waals surface area contributed by atoms with Crippen LogP contribution in [0.5, 0.6) is 11.5 Å². The van der Waals surface area contributed by atoms with Gasteiger partial charge in [-0.05, 0) is 87.7 Å². The van der Waals surface area contributed by atoms with Gasteiger partial charge >= 0.3 is 0 Å². The average molecular weight is 605 g/mol. The Labute approximate surface area is 267 Å². The first-order valence-corrected chi connectivity index (χ1v) is 15.6. The third-order valence-corrected chi connectivity index (χ3v) is 7.90. The van der Waals surface area contributed by atoms with E-state index in [4.69, 9.17) is 19.5 Å². The van der Waals surface area contributed by atoms with Crippen molar-refractivity contribution in [1.82, 2.24) is 19.6 Å². The number of aryl methyl sites for hydroxylation is 2. The second-order valence-corrected chi connectivity index (χ2v) is 11.6. The predicted molar refractivity (Wildman–Crippen MR) is 185 cm³/mol. The van der Waals surface area contributed by atoms with Crippen LogP contribution in [0.25, 0.3) is 11.8 Å². The summed E-state index contributed by atoms with van der Waals surface area (Å²) in [5, 5.41) is 4.68. The second kappa shape index (κ2) is 13.8. The van der Waals surface area contributed by atoms with E-state index in [1.165, 1.54) is 16.8 Å². The molecular weight excluding hydrogens is 560 g/mol. The normalized spacial score (nSPS) is 16.4. The minimum absolute atomic E-state index is 0.508. The van der Waals surface area contributed by atoms with Gasteiger partial charge in [-0.3, -0.25) is 0 Å². The van der Waals surface area contributed by atoms with Gasteiger partial charge in [0.15, 0.2) is 0 Å². The summed E-state index contributed by atoms with van der Waals surface area (Å²) in [6, 6.07) is 16.3. The smallest absolute Gasteiger partial charge is 0.252 e. The molecule has 0 saturated heterocycles. The zero-order chi connectivity index (χ0) is 32.1. The summed E-state index contributed by atoms with van der Waals surface area (Å²) >= 11 is 0. The maximum absolute atomic E-state index is 5.79. The molecule has 0 atom stereocenters. The zero-order valence-electron chi connectivity index (χ0n) is 27.7. The molecule has 0 saturated carbocycles. The molecular formula is C37H44N6O2. The third-order valence-electron chi connectivity index (χ3n) is 7.90. The first-order chi connectivity index (χ1) is 21.8. The van der Waals surface area contributed by atoms with Gasteiger partial charge in [0.25, 0.3) is 5.96 Å². The Morgan fingerprint density at radius 2 is 1.73 bits per heavy atom. The minimum Gasteiger partial charge on any atom is -0.497 e. The lowest BCUT2D eigenvalue weighted by molar-refractivity contribution is 0.394. The van der Waals surface area contributed by atoms with E-state index in [1.807, 2.05) is 38.1 Å². The van der Waals surface area contributed by atoms with Gasteiger partial charge in [0.05, 0.1) is 25.6 Å². The van der Waals surface area contributed by atoms with Crippen molar-refractivity contribution < 1.29 is 9.47 Å². The van der Waals surface area contributed by atoms with Gasteiger partial charge in [-0.25, -0.2) is 14.7 Å². The predicted octanol–water partition coefficient (Wildman–Crippen LogP) is 7.32. The van der Waals surface area contributed by atoms with Gasteiger partial charge in [-0.15, -0.1) is 0 Å². The number of likely N-dealkylation sites (N-methyl/N-ethyl adjacent to an activating group) is 1. The molecule has 2 aliphatic rings. The lowest BCUT2D eigenvalue weighted by Gasteiger charge is -2.30. The van der Waals surface area contributed by atoms with Gasteiger partial charge in [-0.2, -0.15) is 5.10 Å². The molecule has 0 N–H and O–H groups in total. The van der Waals surface area contributed by atoms with E-state index in [0.717, 1.165) is 48.0 Å². The standard InChI is InChI=1S/C37H44N6O2/c1-9-41(10-2)29(15-17-34-31-14-12-11-13-28(31)19-20-42(34)24-25(3)4)22-33-36(32-23-30(44-7)16-18-35(32)45-8)39-37(38-33)43-27(6)21-26(5)40-43/h11-23,25H,9-10,24H2,1-8H3. The highest BCUT2D eigenvalue weighted by molar-refractivity contribution is 6.22. The maximum Gasteiger partial charge on any atom is 0.252 e. The molecule has 2 aliphatic heterocycles. The molecule has 1 aromatic heterocycles. The SMILES string of the molecule is CCN(CC)C(C=C1N=C(n2nc(C)cc2C)N=C1c1cc(OC)ccc1OC)=CC=C1c2ccccc2C=CN1CC(C)C. The van der Waals surface area contributed by atoms with E-state index in [1.54, 1.807) is 18.9 Å². The Hall–Kier alpha value is -4.85. The van der Waals surface area contributed by atoms with E-state index < -0.39 is 0 Å². The molecule has 0 amide bonds. The van der Waals surface area contributed by atoms with Crippen LogP contribution in [0, 0.1) is 19.8 Å². The molecule has 0 bridgehead atoms. The van der Waals surface area contributed by atoms with Crippen molar-refractivity contribution in [3.8, 4) is 11.5 Å². The highest BCUT2D eigenvalue weighted by atomic mass is 16.5. The number of methoxy groups -OCH3 is 2. The average Bonchev–Trinajstić information content (AvgIpc) is 3.61. The summed E-state index contributed by atoms with van der Waals surface area (Å²) in [6.07, 6.45) is 11.0. The van der Waals surface area contributed by atoms with Gasteiger partial charge in [0.1, 0.15) is 17.2 Å². The lowest BCUT2D eigenvalue weighted by Crippen LogP contribution is -2.24. The van der Waals surface area contributed by atoms with E-state index >= 15 is 0 Å². The summed E-state index contributed by atoms with van der Waals surface area (Å²) in [5.41, 5.74) is 8.74. The molecule has 3 aromatic rings. The van der Waals surface area contributed by atoms with Crippen LogP contribution < -0.4 is 9.47 Å². The van der Waals surface area contributed by atoms with Gasteiger partial charge in [-0.1, -0.05) is 38.1 Å². The number of nitrogens with zero attached hydrogens (tertiary/aromatic N) is 6. The fourth-order valence-electron chi connectivity index (χ4n) is 5.72. The van der Waals surface area contributed by atoms with E-state index in [-0.39, 0.29) is 0 Å². The summed E-state index contributed by atoms with van der Waals surface area (Å²) < 4.78 is 13.2. The monoisotopic (exact) mass is 604 g/mol. The number of hydrogen-bond donors (Lipinski definition) is 0. The minimum atomic E-state index is 0.508. The largest absolute Gasteiger partial charge is 0.497 e.